The minimum atomic E-state index is -1.09. The number of alkyl halides is 2. The summed E-state index contributed by atoms with van der Waals surface area (Å²) < 4.78 is 0. The van der Waals surface area contributed by atoms with Gasteiger partial charge in [-0.2, -0.15) is 0 Å². The van der Waals surface area contributed by atoms with Gasteiger partial charge in [-0.05, 0) is 37.1 Å². The van der Waals surface area contributed by atoms with E-state index in [0.717, 1.165) is 11.1 Å². The number of benzene rings is 1. The van der Waals surface area contributed by atoms with Crippen molar-refractivity contribution in [2.45, 2.75) is 18.7 Å². The van der Waals surface area contributed by atoms with Gasteiger partial charge in [0.2, 0.25) is 0 Å². The first-order valence-corrected chi connectivity index (χ1v) is 6.70. The first kappa shape index (κ1) is 15.8. The van der Waals surface area contributed by atoms with Crippen LogP contribution < -0.4 is 10.6 Å². The van der Waals surface area contributed by atoms with Crippen molar-refractivity contribution >= 4 is 35.0 Å². The van der Waals surface area contributed by atoms with Gasteiger partial charge in [0, 0.05) is 18.7 Å². The first-order valence-electron chi connectivity index (χ1n) is 5.83. The Morgan fingerprint density at radius 3 is 2.32 bits per heavy atom. The van der Waals surface area contributed by atoms with E-state index in [1.807, 2.05) is 26.0 Å². The molecule has 19 heavy (non-hydrogen) atoms. The molecule has 0 spiro atoms. The van der Waals surface area contributed by atoms with Gasteiger partial charge in [-0.1, -0.05) is 29.3 Å². The Morgan fingerprint density at radius 1 is 1.11 bits per heavy atom. The second-order valence-electron chi connectivity index (χ2n) is 4.15. The monoisotopic (exact) mass is 302 g/mol. The molecule has 2 N–H and O–H groups in total. The Balaban J connectivity index is 2.39. The molecule has 0 radical (unpaired) electrons. The number of carbonyl (C=O) groups is 2. The van der Waals surface area contributed by atoms with Crippen LogP contribution in [0.4, 0.5) is 0 Å². The predicted octanol–water partition coefficient (Wildman–Crippen LogP) is 1.95. The van der Waals surface area contributed by atoms with Crippen LogP contribution in [-0.2, 0) is 4.79 Å². The van der Waals surface area contributed by atoms with Gasteiger partial charge < -0.3 is 10.6 Å². The van der Waals surface area contributed by atoms with Crippen LogP contribution in [0, 0.1) is 13.8 Å². The summed E-state index contributed by atoms with van der Waals surface area (Å²) in [6, 6.07) is 5.50. The van der Waals surface area contributed by atoms with E-state index >= 15 is 0 Å². The maximum absolute atomic E-state index is 11.8. The van der Waals surface area contributed by atoms with E-state index in [1.165, 1.54) is 0 Å². The minimum absolute atomic E-state index is 0.175. The maximum Gasteiger partial charge on any atom is 0.253 e. The molecule has 0 heterocycles. The SMILES string of the molecule is Cc1ccc(C(=O)NCCNC(=O)C(Cl)Cl)cc1C. The Hall–Kier alpha value is -1.26. The molecule has 0 saturated carbocycles. The van der Waals surface area contributed by atoms with Gasteiger partial charge in [-0.25, -0.2) is 0 Å². The maximum atomic E-state index is 11.8. The highest BCUT2D eigenvalue weighted by atomic mass is 35.5. The molecule has 0 aromatic heterocycles. The van der Waals surface area contributed by atoms with Crippen molar-refractivity contribution in [3.63, 3.8) is 0 Å². The highest BCUT2D eigenvalue weighted by Crippen LogP contribution is 2.09. The third-order valence-corrected chi connectivity index (χ3v) is 3.07. The molecule has 0 aliphatic rings. The minimum Gasteiger partial charge on any atom is -0.352 e. The van der Waals surface area contributed by atoms with Crippen LogP contribution in [0.25, 0.3) is 0 Å². The Labute approximate surface area is 122 Å². The van der Waals surface area contributed by atoms with E-state index in [9.17, 15) is 9.59 Å². The molecule has 2 amide bonds. The molecule has 4 nitrogen and oxygen atoms in total. The van der Waals surface area contributed by atoms with E-state index < -0.39 is 10.7 Å². The molecule has 1 rings (SSSR count). The molecule has 1 aromatic carbocycles. The fraction of sp³-hybridized carbons (Fsp3) is 0.385. The second kappa shape index (κ2) is 7.36. The number of hydrogen-bond donors (Lipinski definition) is 2. The number of carbonyl (C=O) groups excluding carboxylic acids is 2. The number of rotatable bonds is 5. The summed E-state index contributed by atoms with van der Waals surface area (Å²) >= 11 is 10.7. The van der Waals surface area contributed by atoms with Gasteiger partial charge in [0.05, 0.1) is 0 Å². The summed E-state index contributed by atoms with van der Waals surface area (Å²) in [4.78, 5) is 21.8. The molecule has 0 fully saturated rings. The van der Waals surface area contributed by atoms with Crippen molar-refractivity contribution < 1.29 is 9.59 Å². The van der Waals surface area contributed by atoms with Gasteiger partial charge in [0.1, 0.15) is 0 Å². The lowest BCUT2D eigenvalue weighted by Gasteiger charge is -2.08. The molecule has 0 unspecified atom stereocenters. The summed E-state index contributed by atoms with van der Waals surface area (Å²) in [7, 11) is 0. The lowest BCUT2D eigenvalue weighted by atomic mass is 10.1. The van der Waals surface area contributed by atoms with E-state index in [1.54, 1.807) is 6.07 Å². The van der Waals surface area contributed by atoms with Crippen LogP contribution in [0.2, 0.25) is 0 Å². The van der Waals surface area contributed by atoms with Gasteiger partial charge in [-0.15, -0.1) is 0 Å². The van der Waals surface area contributed by atoms with Gasteiger partial charge in [0.25, 0.3) is 11.8 Å². The van der Waals surface area contributed by atoms with Crippen LogP contribution in [0.5, 0.6) is 0 Å². The zero-order valence-corrected chi connectivity index (χ0v) is 12.3. The number of hydrogen-bond acceptors (Lipinski definition) is 2. The molecule has 0 saturated heterocycles. The largest absolute Gasteiger partial charge is 0.352 e. The summed E-state index contributed by atoms with van der Waals surface area (Å²) in [5, 5.41) is 5.19. The number of aryl methyl sites for hydroxylation is 2. The average Bonchev–Trinajstić information content (AvgIpc) is 2.37. The van der Waals surface area contributed by atoms with Crippen molar-refractivity contribution in [3.05, 3.63) is 34.9 Å². The Bertz CT molecular complexity index is 476. The number of nitrogens with one attached hydrogen (secondary N) is 2. The smallest absolute Gasteiger partial charge is 0.253 e. The van der Waals surface area contributed by atoms with Crippen LogP contribution in [0.3, 0.4) is 0 Å². The molecule has 0 aliphatic heterocycles. The molecule has 0 bridgehead atoms. The summed E-state index contributed by atoms with van der Waals surface area (Å²) in [5.41, 5.74) is 2.80. The van der Waals surface area contributed by atoms with Crippen molar-refractivity contribution in [2.24, 2.45) is 0 Å². The van der Waals surface area contributed by atoms with Crippen LogP contribution in [0.15, 0.2) is 18.2 Å². The van der Waals surface area contributed by atoms with Crippen LogP contribution >= 0.6 is 23.2 Å². The molecule has 6 heteroatoms. The van der Waals surface area contributed by atoms with Crippen molar-refractivity contribution in [1.29, 1.82) is 0 Å². The van der Waals surface area contributed by atoms with Gasteiger partial charge >= 0.3 is 0 Å². The predicted molar refractivity (Wildman–Crippen MR) is 76.8 cm³/mol. The summed E-state index contributed by atoms with van der Waals surface area (Å²) in [6.07, 6.45) is 0. The number of amides is 2. The molecule has 1 aromatic rings. The van der Waals surface area contributed by atoms with Crippen molar-refractivity contribution in [2.75, 3.05) is 13.1 Å². The standard InChI is InChI=1S/C13H16Cl2N2O2/c1-8-3-4-10(7-9(8)2)12(18)16-5-6-17-13(19)11(14)15/h3-4,7,11H,5-6H2,1-2H3,(H,16,18)(H,17,19). The lowest BCUT2D eigenvalue weighted by molar-refractivity contribution is -0.119. The van der Waals surface area contributed by atoms with Crippen LogP contribution in [0.1, 0.15) is 21.5 Å². The fourth-order valence-electron chi connectivity index (χ4n) is 1.42. The average molecular weight is 303 g/mol. The zero-order valence-electron chi connectivity index (χ0n) is 10.8. The third-order valence-electron chi connectivity index (χ3n) is 2.68. The van der Waals surface area contributed by atoms with E-state index in [0.29, 0.717) is 12.1 Å². The summed E-state index contributed by atoms with van der Waals surface area (Å²) in [5.74, 6) is -0.644. The highest BCUT2D eigenvalue weighted by Gasteiger charge is 2.10. The Kier molecular flexibility index (Phi) is 6.12. The lowest BCUT2D eigenvalue weighted by Crippen LogP contribution is -2.36. The van der Waals surface area contributed by atoms with Gasteiger partial charge in [0.15, 0.2) is 4.84 Å². The molecular weight excluding hydrogens is 287 g/mol. The topological polar surface area (TPSA) is 58.2 Å². The van der Waals surface area contributed by atoms with E-state index in [2.05, 4.69) is 10.6 Å². The molecule has 104 valence electrons. The Morgan fingerprint density at radius 2 is 1.74 bits per heavy atom. The third kappa shape index (κ3) is 5.09. The highest BCUT2D eigenvalue weighted by molar-refractivity contribution is 6.53. The normalized spacial score (nSPS) is 10.4. The summed E-state index contributed by atoms with van der Waals surface area (Å²) in [6.45, 7) is 4.54. The molecule has 0 atom stereocenters. The first-order chi connectivity index (χ1) is 8.91. The second-order valence-corrected chi connectivity index (χ2v) is 5.24. The molecular formula is C13H16Cl2N2O2. The van der Waals surface area contributed by atoms with Crippen molar-refractivity contribution in [3.8, 4) is 0 Å². The zero-order chi connectivity index (χ0) is 14.4. The molecule has 0 aliphatic carbocycles. The number of halogens is 2. The fourth-order valence-corrected chi connectivity index (χ4v) is 1.58. The van der Waals surface area contributed by atoms with Gasteiger partial charge in [-0.3, -0.25) is 9.59 Å². The van der Waals surface area contributed by atoms with Crippen LogP contribution in [-0.4, -0.2) is 29.7 Å². The quantitative estimate of drug-likeness (QED) is 0.645. The van der Waals surface area contributed by atoms with E-state index in [4.69, 9.17) is 23.2 Å². The van der Waals surface area contributed by atoms with E-state index in [-0.39, 0.29) is 12.5 Å². The van der Waals surface area contributed by atoms with Crippen molar-refractivity contribution in [1.82, 2.24) is 10.6 Å².